The summed E-state index contributed by atoms with van der Waals surface area (Å²) in [5.41, 5.74) is 0. The Balaban J connectivity index is 2.22. The van der Waals surface area contributed by atoms with Crippen LogP contribution in [0.2, 0.25) is 0 Å². The fourth-order valence-electron chi connectivity index (χ4n) is 0.876. The van der Waals surface area contributed by atoms with Gasteiger partial charge in [0.05, 0.1) is 19.8 Å². The van der Waals surface area contributed by atoms with Crippen LogP contribution in [0.1, 0.15) is 6.42 Å². The minimum Gasteiger partial charge on any atom is -0.392 e. The first kappa shape index (κ1) is 6.01. The zero-order chi connectivity index (χ0) is 5.98. The van der Waals surface area contributed by atoms with Gasteiger partial charge in [0.1, 0.15) is 0 Å². The standard InChI is InChI=1S/C5H11NO2/c1-8-6-3-2-5(7)4-6/h5,7H,2-4H2,1H3/t5-/m1/s1. The van der Waals surface area contributed by atoms with Crippen LogP contribution in [0, 0.1) is 0 Å². The van der Waals surface area contributed by atoms with Gasteiger partial charge in [-0.1, -0.05) is 0 Å². The summed E-state index contributed by atoms with van der Waals surface area (Å²) < 4.78 is 0. The van der Waals surface area contributed by atoms with Crippen molar-refractivity contribution in [2.75, 3.05) is 20.2 Å². The quantitative estimate of drug-likeness (QED) is 0.508. The predicted octanol–water partition coefficient (Wildman–Crippen LogP) is -0.386. The van der Waals surface area contributed by atoms with Gasteiger partial charge in [-0.15, -0.1) is 0 Å². The molecule has 0 aromatic carbocycles. The van der Waals surface area contributed by atoms with Gasteiger partial charge in [0.25, 0.3) is 0 Å². The third kappa shape index (κ3) is 1.18. The van der Waals surface area contributed by atoms with E-state index < -0.39 is 0 Å². The summed E-state index contributed by atoms with van der Waals surface area (Å²) in [4.78, 5) is 4.85. The molecular formula is C5H11NO2. The summed E-state index contributed by atoms with van der Waals surface area (Å²) in [5, 5.41) is 10.7. The van der Waals surface area contributed by atoms with Crippen molar-refractivity contribution < 1.29 is 9.94 Å². The van der Waals surface area contributed by atoms with Gasteiger partial charge in [0, 0.05) is 6.54 Å². The van der Waals surface area contributed by atoms with E-state index in [1.807, 2.05) is 0 Å². The van der Waals surface area contributed by atoms with Crippen LogP contribution in [-0.2, 0) is 4.84 Å². The lowest BCUT2D eigenvalue weighted by Crippen LogP contribution is -2.20. The third-order valence-electron chi connectivity index (χ3n) is 1.38. The molecule has 1 atom stereocenters. The second kappa shape index (κ2) is 2.44. The topological polar surface area (TPSA) is 32.7 Å². The highest BCUT2D eigenvalue weighted by molar-refractivity contribution is 4.67. The Hall–Kier alpha value is -0.120. The first-order valence-corrected chi connectivity index (χ1v) is 2.80. The molecule has 48 valence electrons. The Kier molecular flexibility index (Phi) is 1.83. The molecule has 0 aliphatic carbocycles. The smallest absolute Gasteiger partial charge is 0.0703 e. The van der Waals surface area contributed by atoms with Gasteiger partial charge in [-0.25, -0.2) is 0 Å². The van der Waals surface area contributed by atoms with Crippen LogP contribution in [0.3, 0.4) is 0 Å². The van der Waals surface area contributed by atoms with E-state index in [1.54, 1.807) is 12.2 Å². The molecule has 0 aromatic heterocycles. The number of hydroxylamine groups is 2. The predicted molar refractivity (Wildman–Crippen MR) is 29.2 cm³/mol. The summed E-state index contributed by atoms with van der Waals surface area (Å²) in [5.74, 6) is 0. The monoisotopic (exact) mass is 117 g/mol. The summed E-state index contributed by atoms with van der Waals surface area (Å²) >= 11 is 0. The van der Waals surface area contributed by atoms with E-state index in [1.165, 1.54) is 0 Å². The maximum Gasteiger partial charge on any atom is 0.0703 e. The number of nitrogens with zero attached hydrogens (tertiary/aromatic N) is 1. The number of aliphatic hydroxyl groups excluding tert-OH is 1. The van der Waals surface area contributed by atoms with E-state index >= 15 is 0 Å². The van der Waals surface area contributed by atoms with Gasteiger partial charge < -0.3 is 9.94 Å². The van der Waals surface area contributed by atoms with Crippen molar-refractivity contribution in [2.45, 2.75) is 12.5 Å². The van der Waals surface area contributed by atoms with E-state index in [-0.39, 0.29) is 6.10 Å². The maximum atomic E-state index is 8.91. The molecule has 0 aromatic rings. The molecule has 1 rings (SSSR count). The third-order valence-corrected chi connectivity index (χ3v) is 1.38. The summed E-state index contributed by atoms with van der Waals surface area (Å²) in [6, 6.07) is 0. The molecule has 0 spiro atoms. The van der Waals surface area contributed by atoms with E-state index in [9.17, 15) is 0 Å². The average molecular weight is 117 g/mol. The Morgan fingerprint density at radius 3 is 2.75 bits per heavy atom. The van der Waals surface area contributed by atoms with Crippen molar-refractivity contribution in [1.82, 2.24) is 5.06 Å². The first-order chi connectivity index (χ1) is 3.83. The molecule has 1 saturated heterocycles. The SMILES string of the molecule is CON1CC[C@@H](O)C1. The first-order valence-electron chi connectivity index (χ1n) is 2.80. The van der Waals surface area contributed by atoms with Gasteiger partial charge >= 0.3 is 0 Å². The fraction of sp³-hybridized carbons (Fsp3) is 1.00. The lowest BCUT2D eigenvalue weighted by atomic mass is 10.3. The van der Waals surface area contributed by atoms with Crippen molar-refractivity contribution in [2.24, 2.45) is 0 Å². The number of hydrogen-bond acceptors (Lipinski definition) is 3. The highest BCUT2D eigenvalue weighted by atomic mass is 16.7. The van der Waals surface area contributed by atoms with Crippen LogP contribution >= 0.6 is 0 Å². The molecule has 0 radical (unpaired) electrons. The maximum absolute atomic E-state index is 8.91. The summed E-state index contributed by atoms with van der Waals surface area (Å²) in [6.45, 7) is 1.52. The molecule has 1 heterocycles. The van der Waals surface area contributed by atoms with E-state index in [4.69, 9.17) is 9.94 Å². The van der Waals surface area contributed by atoms with Crippen LogP contribution in [0.25, 0.3) is 0 Å². The minimum absolute atomic E-state index is 0.171. The number of rotatable bonds is 1. The van der Waals surface area contributed by atoms with Gasteiger partial charge in [-0.3, -0.25) is 0 Å². The lowest BCUT2D eigenvalue weighted by Gasteiger charge is -2.09. The van der Waals surface area contributed by atoms with E-state index in [0.29, 0.717) is 6.54 Å². The van der Waals surface area contributed by atoms with Gasteiger partial charge in [0.2, 0.25) is 0 Å². The number of aliphatic hydroxyl groups is 1. The van der Waals surface area contributed by atoms with Crippen molar-refractivity contribution >= 4 is 0 Å². The molecule has 1 N–H and O–H groups in total. The summed E-state index contributed by atoms with van der Waals surface area (Å²) in [7, 11) is 1.62. The molecule has 0 saturated carbocycles. The molecule has 1 aliphatic heterocycles. The molecule has 0 amide bonds. The Morgan fingerprint density at radius 1 is 1.75 bits per heavy atom. The van der Waals surface area contributed by atoms with E-state index in [0.717, 1.165) is 13.0 Å². The Morgan fingerprint density at radius 2 is 2.50 bits per heavy atom. The molecule has 1 aliphatic rings. The van der Waals surface area contributed by atoms with Crippen molar-refractivity contribution in [3.05, 3.63) is 0 Å². The van der Waals surface area contributed by atoms with Crippen LogP contribution in [-0.4, -0.2) is 36.5 Å². The lowest BCUT2D eigenvalue weighted by molar-refractivity contribution is -0.118. The Labute approximate surface area is 48.8 Å². The normalized spacial score (nSPS) is 31.5. The Bertz CT molecular complexity index is 76.8. The zero-order valence-electron chi connectivity index (χ0n) is 5.00. The molecule has 3 nitrogen and oxygen atoms in total. The van der Waals surface area contributed by atoms with Crippen LogP contribution in [0.15, 0.2) is 0 Å². The average Bonchev–Trinajstić information content (AvgIpc) is 2.14. The zero-order valence-corrected chi connectivity index (χ0v) is 5.00. The highest BCUT2D eigenvalue weighted by Gasteiger charge is 2.18. The van der Waals surface area contributed by atoms with Gasteiger partial charge in [-0.2, -0.15) is 5.06 Å². The molecule has 0 unspecified atom stereocenters. The molecule has 0 bridgehead atoms. The van der Waals surface area contributed by atoms with Gasteiger partial charge in [0.15, 0.2) is 0 Å². The number of β-amino-alcohol motifs (C(OH)–C–C–N with tert-alkyl or cyclic N) is 1. The second-order valence-corrected chi connectivity index (χ2v) is 2.01. The van der Waals surface area contributed by atoms with Crippen LogP contribution < -0.4 is 0 Å². The summed E-state index contributed by atoms with van der Waals surface area (Å²) in [6.07, 6.45) is 0.670. The van der Waals surface area contributed by atoms with Crippen molar-refractivity contribution in [3.63, 3.8) is 0 Å². The van der Waals surface area contributed by atoms with Gasteiger partial charge in [-0.05, 0) is 6.42 Å². The second-order valence-electron chi connectivity index (χ2n) is 2.01. The largest absolute Gasteiger partial charge is 0.392 e. The van der Waals surface area contributed by atoms with Crippen molar-refractivity contribution in [3.8, 4) is 0 Å². The molecular weight excluding hydrogens is 106 g/mol. The van der Waals surface area contributed by atoms with Crippen LogP contribution in [0.5, 0.6) is 0 Å². The molecule has 8 heavy (non-hydrogen) atoms. The minimum atomic E-state index is -0.171. The highest BCUT2D eigenvalue weighted by Crippen LogP contribution is 2.06. The fourth-order valence-corrected chi connectivity index (χ4v) is 0.876. The van der Waals surface area contributed by atoms with Crippen molar-refractivity contribution in [1.29, 1.82) is 0 Å². The number of hydrogen-bond donors (Lipinski definition) is 1. The molecule has 1 fully saturated rings. The van der Waals surface area contributed by atoms with E-state index in [2.05, 4.69) is 0 Å². The molecule has 3 heteroatoms. The van der Waals surface area contributed by atoms with Crippen LogP contribution in [0.4, 0.5) is 0 Å².